The Balaban J connectivity index is 1.79. The molecule has 1 heterocycles. The fourth-order valence-corrected chi connectivity index (χ4v) is 2.96. The average Bonchev–Trinajstić information content (AvgIpc) is 2.95. The van der Waals surface area contributed by atoms with Gasteiger partial charge in [0.2, 0.25) is 0 Å². The fraction of sp³-hybridized carbons (Fsp3) is 0.632. The molecule has 0 aliphatic carbocycles. The predicted octanol–water partition coefficient (Wildman–Crippen LogP) is 1.57. The number of carboxylic acids is 1. The minimum absolute atomic E-state index is 0.112. The summed E-state index contributed by atoms with van der Waals surface area (Å²) in [6.07, 6.45) is -0.0989. The number of ether oxygens (including phenoxy) is 3. The van der Waals surface area contributed by atoms with Crippen LogP contribution in [0.15, 0.2) is 24.3 Å². The molecule has 4 atom stereocenters. The molecule has 0 amide bonds. The van der Waals surface area contributed by atoms with Gasteiger partial charge in [0.05, 0.1) is 12.7 Å². The molecule has 1 aliphatic rings. The summed E-state index contributed by atoms with van der Waals surface area (Å²) in [5, 5.41) is 12.1. The molecule has 0 bridgehead atoms. The van der Waals surface area contributed by atoms with E-state index >= 15 is 0 Å². The van der Waals surface area contributed by atoms with Crippen molar-refractivity contribution >= 4 is 5.97 Å². The van der Waals surface area contributed by atoms with Crippen molar-refractivity contribution in [2.75, 3.05) is 34.3 Å². The van der Waals surface area contributed by atoms with Crippen LogP contribution in [0.4, 0.5) is 0 Å². The Morgan fingerprint density at radius 3 is 2.65 bits per heavy atom. The van der Waals surface area contributed by atoms with Gasteiger partial charge in [0, 0.05) is 13.0 Å². The predicted molar refractivity (Wildman–Crippen MR) is 98.2 cm³/mol. The van der Waals surface area contributed by atoms with Crippen LogP contribution in [0.2, 0.25) is 0 Å². The summed E-state index contributed by atoms with van der Waals surface area (Å²) in [5.74, 6) is 0.0376. The maximum atomic E-state index is 11.3. The number of carboxylic acid groups (broad SMARTS) is 1. The van der Waals surface area contributed by atoms with E-state index in [1.54, 1.807) is 7.05 Å². The van der Waals surface area contributed by atoms with Gasteiger partial charge in [0.15, 0.2) is 6.29 Å². The van der Waals surface area contributed by atoms with Gasteiger partial charge in [0.1, 0.15) is 18.4 Å². The van der Waals surface area contributed by atoms with Gasteiger partial charge in [-0.05, 0) is 44.8 Å². The number of hydrogen-bond donors (Lipinski definition) is 2. The molecule has 1 aromatic rings. The van der Waals surface area contributed by atoms with Crippen molar-refractivity contribution in [2.45, 2.75) is 38.4 Å². The van der Waals surface area contributed by atoms with Crippen molar-refractivity contribution in [3.05, 3.63) is 29.8 Å². The smallest absolute Gasteiger partial charge is 0.323 e. The molecule has 7 nitrogen and oxygen atoms in total. The highest BCUT2D eigenvalue weighted by molar-refractivity contribution is 5.74. The molecule has 0 spiro atoms. The summed E-state index contributed by atoms with van der Waals surface area (Å²) in [6.45, 7) is 3.92. The summed E-state index contributed by atoms with van der Waals surface area (Å²) in [5.41, 5.74) is 1.02. The van der Waals surface area contributed by atoms with E-state index in [-0.39, 0.29) is 12.2 Å². The Morgan fingerprint density at radius 1 is 1.38 bits per heavy atom. The van der Waals surface area contributed by atoms with Gasteiger partial charge in [-0.25, -0.2) is 0 Å². The first-order chi connectivity index (χ1) is 12.4. The van der Waals surface area contributed by atoms with Crippen LogP contribution in [0.5, 0.6) is 5.75 Å². The third kappa shape index (κ3) is 5.95. The second kappa shape index (κ2) is 9.87. The number of likely N-dealkylation sites (N-methyl/N-ethyl adjacent to an activating group) is 2. The zero-order chi connectivity index (χ0) is 19.1. The lowest BCUT2D eigenvalue weighted by Gasteiger charge is -2.22. The molecule has 2 N–H and O–H groups in total. The van der Waals surface area contributed by atoms with E-state index in [2.05, 4.69) is 10.2 Å². The largest absolute Gasteiger partial charge is 0.492 e. The van der Waals surface area contributed by atoms with Crippen LogP contribution in [-0.2, 0) is 20.9 Å². The van der Waals surface area contributed by atoms with Crippen molar-refractivity contribution in [2.24, 2.45) is 5.92 Å². The molecule has 0 saturated carbocycles. The topological polar surface area (TPSA) is 80.3 Å². The Kier molecular flexibility index (Phi) is 7.84. The van der Waals surface area contributed by atoms with Gasteiger partial charge in [-0.3, -0.25) is 4.79 Å². The molecule has 146 valence electrons. The number of carbonyl (C=O) groups is 1. The molecule has 0 aromatic heterocycles. The molecular formula is C19H30N2O5. The average molecular weight is 366 g/mol. The summed E-state index contributed by atoms with van der Waals surface area (Å²) < 4.78 is 17.3. The van der Waals surface area contributed by atoms with Crippen LogP contribution in [-0.4, -0.2) is 68.7 Å². The van der Waals surface area contributed by atoms with Crippen molar-refractivity contribution in [1.29, 1.82) is 0 Å². The monoisotopic (exact) mass is 366 g/mol. The Bertz CT molecular complexity index is 564. The number of hydrogen-bond acceptors (Lipinski definition) is 6. The fourth-order valence-electron chi connectivity index (χ4n) is 2.96. The zero-order valence-corrected chi connectivity index (χ0v) is 16.0. The summed E-state index contributed by atoms with van der Waals surface area (Å²) in [4.78, 5) is 13.4. The van der Waals surface area contributed by atoms with E-state index < -0.39 is 18.1 Å². The number of benzene rings is 1. The number of rotatable bonds is 10. The first-order valence-corrected chi connectivity index (χ1v) is 8.94. The lowest BCUT2D eigenvalue weighted by atomic mass is 9.97. The molecule has 1 saturated heterocycles. The molecule has 2 unspecified atom stereocenters. The Labute approximate surface area is 155 Å². The number of nitrogens with zero attached hydrogens (tertiary/aromatic N) is 1. The molecule has 1 fully saturated rings. The zero-order valence-electron chi connectivity index (χ0n) is 16.0. The van der Waals surface area contributed by atoms with Crippen molar-refractivity contribution in [1.82, 2.24) is 10.2 Å². The third-order valence-electron chi connectivity index (χ3n) is 4.51. The van der Waals surface area contributed by atoms with Gasteiger partial charge in [-0.2, -0.15) is 0 Å². The second-order valence-corrected chi connectivity index (χ2v) is 6.95. The lowest BCUT2D eigenvalue weighted by molar-refractivity contribution is -0.160. The van der Waals surface area contributed by atoms with Gasteiger partial charge in [-0.15, -0.1) is 0 Å². The molecule has 0 radical (unpaired) electrons. The number of nitrogens with one attached hydrogen (secondary N) is 1. The summed E-state index contributed by atoms with van der Waals surface area (Å²) in [6, 6.07) is 7.06. The third-order valence-corrected chi connectivity index (χ3v) is 4.51. The highest BCUT2D eigenvalue weighted by Crippen LogP contribution is 2.29. The maximum Gasteiger partial charge on any atom is 0.323 e. The first kappa shape index (κ1) is 20.6. The Morgan fingerprint density at radius 2 is 2.08 bits per heavy atom. The molecule has 26 heavy (non-hydrogen) atoms. The minimum atomic E-state index is -0.908. The van der Waals surface area contributed by atoms with Gasteiger partial charge < -0.3 is 29.5 Å². The normalized spacial score (nSPS) is 24.0. The molecular weight excluding hydrogens is 336 g/mol. The quantitative estimate of drug-likeness (QED) is 0.650. The highest BCUT2D eigenvalue weighted by Gasteiger charge is 2.40. The van der Waals surface area contributed by atoms with Gasteiger partial charge in [-0.1, -0.05) is 19.1 Å². The SMILES string of the molecule is CNC(C(=O)O)[C@@H]1OC(OCc2ccc(OCCN(C)C)cc2)C[C@H]1C. The molecule has 7 heteroatoms. The van der Waals surface area contributed by atoms with Crippen LogP contribution < -0.4 is 10.1 Å². The van der Waals surface area contributed by atoms with Crippen LogP contribution in [0, 0.1) is 5.92 Å². The van der Waals surface area contributed by atoms with Crippen LogP contribution in [0.25, 0.3) is 0 Å². The van der Waals surface area contributed by atoms with E-state index in [9.17, 15) is 9.90 Å². The summed E-state index contributed by atoms with van der Waals surface area (Å²) >= 11 is 0. The first-order valence-electron chi connectivity index (χ1n) is 8.94. The molecule has 1 aliphatic heterocycles. The van der Waals surface area contributed by atoms with E-state index in [1.165, 1.54) is 0 Å². The molecule has 2 rings (SSSR count). The van der Waals surface area contributed by atoms with Crippen LogP contribution in [0.3, 0.4) is 0 Å². The maximum absolute atomic E-state index is 11.3. The van der Waals surface area contributed by atoms with Crippen molar-refractivity contribution in [3.8, 4) is 5.75 Å². The Hall–Kier alpha value is -1.67. The van der Waals surface area contributed by atoms with Gasteiger partial charge >= 0.3 is 5.97 Å². The highest BCUT2D eigenvalue weighted by atomic mass is 16.7. The lowest BCUT2D eigenvalue weighted by Crippen LogP contribution is -2.46. The van der Waals surface area contributed by atoms with E-state index in [1.807, 2.05) is 45.3 Å². The van der Waals surface area contributed by atoms with Crippen molar-refractivity contribution in [3.63, 3.8) is 0 Å². The summed E-state index contributed by atoms with van der Waals surface area (Å²) in [7, 11) is 5.65. The van der Waals surface area contributed by atoms with Gasteiger partial charge in [0.25, 0.3) is 0 Å². The van der Waals surface area contributed by atoms with Crippen LogP contribution >= 0.6 is 0 Å². The van der Waals surface area contributed by atoms with E-state index in [0.717, 1.165) is 17.9 Å². The molecule has 1 aromatic carbocycles. The standard InChI is InChI=1S/C19H30N2O5/c1-13-11-16(26-18(13)17(20-2)19(22)23)25-12-14-5-7-15(8-6-14)24-10-9-21(3)4/h5-8,13,16-18,20H,9-12H2,1-4H3,(H,22,23)/t13-,16?,17?,18-/m1/s1. The van der Waals surface area contributed by atoms with E-state index in [0.29, 0.717) is 19.6 Å². The second-order valence-electron chi connectivity index (χ2n) is 6.95. The number of aliphatic carboxylic acids is 1. The van der Waals surface area contributed by atoms with E-state index in [4.69, 9.17) is 14.2 Å². The van der Waals surface area contributed by atoms with Crippen molar-refractivity contribution < 1.29 is 24.1 Å². The minimum Gasteiger partial charge on any atom is -0.492 e. The van der Waals surface area contributed by atoms with Crippen LogP contribution in [0.1, 0.15) is 18.9 Å².